The molecule has 1 N–H and O–H groups in total. The Morgan fingerprint density at radius 3 is 2.31 bits per heavy atom. The monoisotopic (exact) mass is 487 g/mol. The van der Waals surface area contributed by atoms with Crippen LogP contribution in [-0.2, 0) is 17.8 Å². The number of hydrogen-bond donors (Lipinski definition) is 1. The minimum atomic E-state index is -0.398. The van der Waals surface area contributed by atoms with E-state index in [0.717, 1.165) is 17.7 Å². The molecule has 0 aliphatic heterocycles. The van der Waals surface area contributed by atoms with Crippen LogP contribution in [-0.4, -0.2) is 60.6 Å². The van der Waals surface area contributed by atoms with Crippen molar-refractivity contribution in [3.63, 3.8) is 0 Å². The Morgan fingerprint density at radius 2 is 1.77 bits per heavy atom. The standard InChI is InChI=1S/C27H41N3O5/c1-9-19(2)30(26(32)28-27(4,5)6)18-25(31)29(17-22-12-10-20(3)35-22)15-14-21-11-13-23(33-7)24(16-21)34-8/h10-13,16,19H,9,14-15,17-18H2,1-8H3,(H,28,32)/t19-/m1/s1. The molecule has 8 nitrogen and oxygen atoms in total. The molecule has 1 aromatic carbocycles. The highest BCUT2D eigenvalue weighted by Gasteiger charge is 2.27. The van der Waals surface area contributed by atoms with Crippen molar-refractivity contribution in [3.05, 3.63) is 47.4 Å². The van der Waals surface area contributed by atoms with Gasteiger partial charge in [0.2, 0.25) is 5.91 Å². The number of carbonyl (C=O) groups excluding carboxylic acids is 2. The average Bonchev–Trinajstić information content (AvgIpc) is 3.22. The number of benzene rings is 1. The third-order valence-electron chi connectivity index (χ3n) is 5.79. The molecule has 0 aliphatic carbocycles. The molecule has 0 aliphatic rings. The van der Waals surface area contributed by atoms with Crippen LogP contribution < -0.4 is 14.8 Å². The van der Waals surface area contributed by atoms with Gasteiger partial charge >= 0.3 is 6.03 Å². The minimum Gasteiger partial charge on any atom is -0.493 e. The third kappa shape index (κ3) is 8.53. The first-order valence-electron chi connectivity index (χ1n) is 12.1. The Bertz CT molecular complexity index is 979. The first-order valence-corrected chi connectivity index (χ1v) is 12.1. The molecule has 0 radical (unpaired) electrons. The molecule has 3 amide bonds. The predicted molar refractivity (Wildman–Crippen MR) is 137 cm³/mol. The lowest BCUT2D eigenvalue weighted by atomic mass is 10.1. The fourth-order valence-corrected chi connectivity index (χ4v) is 3.64. The van der Waals surface area contributed by atoms with Gasteiger partial charge < -0.3 is 29.0 Å². The molecule has 0 unspecified atom stereocenters. The van der Waals surface area contributed by atoms with Gasteiger partial charge in [-0.25, -0.2) is 4.79 Å². The van der Waals surface area contributed by atoms with Gasteiger partial charge in [0.1, 0.15) is 18.1 Å². The van der Waals surface area contributed by atoms with Crippen molar-refractivity contribution in [1.29, 1.82) is 0 Å². The zero-order chi connectivity index (χ0) is 26.2. The summed E-state index contributed by atoms with van der Waals surface area (Å²) in [6.45, 7) is 12.4. The number of nitrogens with zero attached hydrogens (tertiary/aromatic N) is 2. The normalized spacial score (nSPS) is 12.1. The van der Waals surface area contributed by atoms with Crippen molar-refractivity contribution in [2.24, 2.45) is 0 Å². The summed E-state index contributed by atoms with van der Waals surface area (Å²) in [7, 11) is 3.20. The highest BCUT2D eigenvalue weighted by molar-refractivity contribution is 5.84. The lowest BCUT2D eigenvalue weighted by Crippen LogP contribution is -2.54. The molecule has 1 aromatic heterocycles. The summed E-state index contributed by atoms with van der Waals surface area (Å²) >= 11 is 0. The number of amides is 3. The van der Waals surface area contributed by atoms with Crippen LogP contribution in [0, 0.1) is 6.92 Å². The number of aryl methyl sites for hydroxylation is 1. The SMILES string of the molecule is CC[C@@H](C)N(CC(=O)N(CCc1ccc(OC)c(OC)c1)Cc1ccc(C)o1)C(=O)NC(C)(C)C. The second-order valence-corrected chi connectivity index (χ2v) is 9.83. The quantitative estimate of drug-likeness (QED) is 0.493. The van der Waals surface area contributed by atoms with E-state index in [1.54, 1.807) is 24.0 Å². The van der Waals surface area contributed by atoms with Gasteiger partial charge in [-0.1, -0.05) is 13.0 Å². The van der Waals surface area contributed by atoms with Crippen molar-refractivity contribution in [2.75, 3.05) is 27.3 Å². The maximum atomic E-state index is 13.5. The Balaban J connectivity index is 2.23. The number of rotatable bonds is 11. The van der Waals surface area contributed by atoms with E-state index < -0.39 is 5.54 Å². The molecule has 1 atom stereocenters. The summed E-state index contributed by atoms with van der Waals surface area (Å²) < 4.78 is 16.5. The second-order valence-electron chi connectivity index (χ2n) is 9.83. The van der Waals surface area contributed by atoms with Gasteiger partial charge in [0.25, 0.3) is 0 Å². The minimum absolute atomic E-state index is 0.0114. The number of urea groups is 1. The van der Waals surface area contributed by atoms with Crippen molar-refractivity contribution in [1.82, 2.24) is 15.1 Å². The Hall–Kier alpha value is -3.16. The van der Waals surface area contributed by atoms with Gasteiger partial charge in [0, 0.05) is 18.1 Å². The van der Waals surface area contributed by atoms with Crippen LogP contribution in [0.15, 0.2) is 34.7 Å². The Labute approximate surface area is 209 Å². The lowest BCUT2D eigenvalue weighted by Gasteiger charge is -2.33. The molecule has 35 heavy (non-hydrogen) atoms. The van der Waals surface area contributed by atoms with E-state index in [9.17, 15) is 9.59 Å². The third-order valence-corrected chi connectivity index (χ3v) is 5.79. The number of methoxy groups -OCH3 is 2. The molecule has 2 rings (SSSR count). The van der Waals surface area contributed by atoms with Crippen LogP contribution >= 0.6 is 0 Å². The molecule has 0 saturated heterocycles. The van der Waals surface area contributed by atoms with Crippen molar-refractivity contribution in [3.8, 4) is 11.5 Å². The molecule has 1 heterocycles. The van der Waals surface area contributed by atoms with Crippen LogP contribution in [0.2, 0.25) is 0 Å². The molecule has 194 valence electrons. The van der Waals surface area contributed by atoms with Gasteiger partial charge in [-0.05, 0) is 77.3 Å². The van der Waals surface area contributed by atoms with Gasteiger partial charge in [0.05, 0.1) is 20.8 Å². The first kappa shape index (κ1) is 28.1. The Morgan fingerprint density at radius 1 is 1.09 bits per heavy atom. The van der Waals surface area contributed by atoms with E-state index >= 15 is 0 Å². The summed E-state index contributed by atoms with van der Waals surface area (Å²) in [5, 5.41) is 2.99. The number of ether oxygens (including phenoxy) is 2. The Kier molecular flexibility index (Phi) is 10.0. The maximum absolute atomic E-state index is 13.5. The number of carbonyl (C=O) groups is 2. The topological polar surface area (TPSA) is 84.2 Å². The largest absolute Gasteiger partial charge is 0.493 e. The van der Waals surface area contributed by atoms with E-state index in [2.05, 4.69) is 5.32 Å². The molecular weight excluding hydrogens is 446 g/mol. The molecule has 0 fully saturated rings. The smallest absolute Gasteiger partial charge is 0.318 e. The van der Waals surface area contributed by atoms with E-state index in [-0.39, 0.29) is 24.5 Å². The summed E-state index contributed by atoms with van der Waals surface area (Å²) in [6, 6.07) is 9.18. The highest BCUT2D eigenvalue weighted by Crippen LogP contribution is 2.28. The van der Waals surface area contributed by atoms with E-state index in [1.165, 1.54) is 0 Å². The van der Waals surface area contributed by atoms with Crippen LogP contribution in [0.4, 0.5) is 4.79 Å². The number of nitrogens with one attached hydrogen (secondary N) is 1. The fraction of sp³-hybridized carbons (Fsp3) is 0.556. The van der Waals surface area contributed by atoms with Crippen LogP contribution in [0.1, 0.15) is 58.1 Å². The lowest BCUT2D eigenvalue weighted by molar-refractivity contribution is -0.133. The van der Waals surface area contributed by atoms with Gasteiger partial charge in [-0.2, -0.15) is 0 Å². The molecule has 2 aromatic rings. The molecule has 0 saturated carbocycles. The van der Waals surface area contributed by atoms with Crippen LogP contribution in [0.25, 0.3) is 0 Å². The number of hydrogen-bond acceptors (Lipinski definition) is 5. The van der Waals surface area contributed by atoms with E-state index in [4.69, 9.17) is 13.9 Å². The average molecular weight is 488 g/mol. The van der Waals surface area contributed by atoms with E-state index in [0.29, 0.717) is 36.8 Å². The number of furan rings is 1. The fourth-order valence-electron chi connectivity index (χ4n) is 3.64. The summed E-state index contributed by atoms with van der Waals surface area (Å²) in [4.78, 5) is 29.9. The van der Waals surface area contributed by atoms with Crippen LogP contribution in [0.3, 0.4) is 0 Å². The van der Waals surface area contributed by atoms with Gasteiger partial charge in [-0.3, -0.25) is 4.79 Å². The molecule has 0 bridgehead atoms. The highest BCUT2D eigenvalue weighted by atomic mass is 16.5. The molecule has 8 heteroatoms. The van der Waals surface area contributed by atoms with Gasteiger partial charge in [-0.15, -0.1) is 0 Å². The molecule has 0 spiro atoms. The summed E-state index contributed by atoms with van der Waals surface area (Å²) in [6.07, 6.45) is 1.36. The first-order chi connectivity index (χ1) is 16.5. The van der Waals surface area contributed by atoms with Crippen molar-refractivity contribution in [2.45, 2.75) is 72.5 Å². The summed E-state index contributed by atoms with van der Waals surface area (Å²) in [5.74, 6) is 2.66. The van der Waals surface area contributed by atoms with Crippen molar-refractivity contribution >= 4 is 11.9 Å². The maximum Gasteiger partial charge on any atom is 0.318 e. The summed E-state index contributed by atoms with van der Waals surface area (Å²) in [5.41, 5.74) is 0.616. The predicted octanol–water partition coefficient (Wildman–Crippen LogP) is 4.79. The second kappa shape index (κ2) is 12.5. The zero-order valence-corrected chi connectivity index (χ0v) is 22.4. The van der Waals surface area contributed by atoms with Gasteiger partial charge in [0.15, 0.2) is 11.5 Å². The van der Waals surface area contributed by atoms with Crippen LogP contribution in [0.5, 0.6) is 11.5 Å². The van der Waals surface area contributed by atoms with Crippen molar-refractivity contribution < 1.29 is 23.5 Å². The van der Waals surface area contributed by atoms with E-state index in [1.807, 2.05) is 71.9 Å². The molecular formula is C27H41N3O5. The zero-order valence-electron chi connectivity index (χ0n) is 22.4.